The van der Waals surface area contributed by atoms with Crippen molar-refractivity contribution in [2.75, 3.05) is 7.11 Å². The van der Waals surface area contributed by atoms with E-state index in [0.717, 1.165) is 17.9 Å². The molecule has 3 N–H and O–H groups in total. The Labute approximate surface area is 124 Å². The van der Waals surface area contributed by atoms with Crippen molar-refractivity contribution in [2.24, 2.45) is 5.73 Å². The number of carbonyl (C=O) groups excluding carboxylic acids is 1. The number of nitrogens with one attached hydrogen (secondary N) is 1. The van der Waals surface area contributed by atoms with Crippen LogP contribution in [-0.2, 0) is 6.54 Å². The van der Waals surface area contributed by atoms with Crippen LogP contribution in [0.4, 0.5) is 0 Å². The largest absolute Gasteiger partial charge is 0.497 e. The lowest BCUT2D eigenvalue weighted by molar-refractivity contribution is 0.100. The number of ether oxygens (including phenoxy) is 1. The number of rotatable bonds is 6. The third kappa shape index (κ3) is 4.07. The number of amides is 1. The summed E-state index contributed by atoms with van der Waals surface area (Å²) >= 11 is 0. The van der Waals surface area contributed by atoms with E-state index in [-0.39, 0.29) is 6.04 Å². The fraction of sp³-hybridized carbons (Fsp3) is 0.235. The summed E-state index contributed by atoms with van der Waals surface area (Å²) in [6.45, 7) is 2.82. The van der Waals surface area contributed by atoms with Crippen molar-refractivity contribution in [2.45, 2.75) is 19.5 Å². The SMILES string of the molecule is COc1cccc([C@@H](C)NCc2ccc(C(N)=O)cc2)c1. The highest BCUT2D eigenvalue weighted by molar-refractivity contribution is 5.92. The molecule has 21 heavy (non-hydrogen) atoms. The van der Waals surface area contributed by atoms with E-state index in [1.807, 2.05) is 30.3 Å². The van der Waals surface area contributed by atoms with Gasteiger partial charge in [-0.2, -0.15) is 0 Å². The van der Waals surface area contributed by atoms with Gasteiger partial charge in [0, 0.05) is 18.2 Å². The van der Waals surface area contributed by atoms with Crippen LogP contribution in [0.5, 0.6) is 5.75 Å². The van der Waals surface area contributed by atoms with Crippen molar-refractivity contribution in [3.05, 3.63) is 65.2 Å². The minimum Gasteiger partial charge on any atom is -0.497 e. The zero-order chi connectivity index (χ0) is 15.2. The zero-order valence-corrected chi connectivity index (χ0v) is 12.3. The molecule has 0 saturated carbocycles. The number of hydrogen-bond donors (Lipinski definition) is 2. The molecule has 0 aromatic heterocycles. The highest BCUT2D eigenvalue weighted by atomic mass is 16.5. The molecule has 0 spiro atoms. The lowest BCUT2D eigenvalue weighted by Gasteiger charge is -2.15. The fourth-order valence-corrected chi connectivity index (χ4v) is 2.09. The van der Waals surface area contributed by atoms with E-state index in [0.29, 0.717) is 5.56 Å². The Balaban J connectivity index is 1.96. The van der Waals surface area contributed by atoms with E-state index in [1.54, 1.807) is 19.2 Å². The Morgan fingerprint density at radius 3 is 2.57 bits per heavy atom. The smallest absolute Gasteiger partial charge is 0.248 e. The van der Waals surface area contributed by atoms with E-state index in [4.69, 9.17) is 10.5 Å². The molecule has 110 valence electrons. The third-order valence-corrected chi connectivity index (χ3v) is 3.44. The highest BCUT2D eigenvalue weighted by Gasteiger charge is 2.06. The van der Waals surface area contributed by atoms with Crippen LogP contribution in [0.3, 0.4) is 0 Å². The molecule has 2 aromatic carbocycles. The molecule has 0 unspecified atom stereocenters. The number of benzene rings is 2. The summed E-state index contributed by atoms with van der Waals surface area (Å²) in [5.74, 6) is 0.450. The first-order valence-electron chi connectivity index (χ1n) is 6.86. The first kappa shape index (κ1) is 15.1. The maximum atomic E-state index is 11.0. The lowest BCUT2D eigenvalue weighted by atomic mass is 10.1. The van der Waals surface area contributed by atoms with Crippen molar-refractivity contribution >= 4 is 5.91 Å². The maximum absolute atomic E-state index is 11.0. The average molecular weight is 284 g/mol. The molecule has 0 heterocycles. The second-order valence-electron chi connectivity index (χ2n) is 4.94. The number of carbonyl (C=O) groups is 1. The summed E-state index contributed by atoms with van der Waals surface area (Å²) in [7, 11) is 1.66. The molecule has 0 saturated heterocycles. The van der Waals surface area contributed by atoms with Crippen LogP contribution in [0.25, 0.3) is 0 Å². The number of methoxy groups -OCH3 is 1. The van der Waals surface area contributed by atoms with E-state index in [2.05, 4.69) is 18.3 Å². The molecule has 0 bridgehead atoms. The van der Waals surface area contributed by atoms with E-state index in [9.17, 15) is 4.79 Å². The molecule has 0 aliphatic heterocycles. The van der Waals surface area contributed by atoms with Gasteiger partial charge in [0.15, 0.2) is 0 Å². The van der Waals surface area contributed by atoms with Crippen LogP contribution in [0.1, 0.15) is 34.5 Å². The molecule has 1 amide bonds. The van der Waals surface area contributed by atoms with Gasteiger partial charge in [-0.25, -0.2) is 0 Å². The van der Waals surface area contributed by atoms with E-state index < -0.39 is 5.91 Å². The van der Waals surface area contributed by atoms with Crippen LogP contribution >= 0.6 is 0 Å². The van der Waals surface area contributed by atoms with Crippen LogP contribution < -0.4 is 15.8 Å². The third-order valence-electron chi connectivity index (χ3n) is 3.44. The van der Waals surface area contributed by atoms with Crippen LogP contribution in [-0.4, -0.2) is 13.0 Å². The fourth-order valence-electron chi connectivity index (χ4n) is 2.09. The number of primary amides is 1. The second-order valence-corrected chi connectivity index (χ2v) is 4.94. The minimum absolute atomic E-state index is 0.205. The number of nitrogens with two attached hydrogens (primary N) is 1. The Bertz CT molecular complexity index is 608. The van der Waals surface area contributed by atoms with E-state index >= 15 is 0 Å². The van der Waals surface area contributed by atoms with Gasteiger partial charge in [0.2, 0.25) is 5.91 Å². The highest BCUT2D eigenvalue weighted by Crippen LogP contribution is 2.19. The Morgan fingerprint density at radius 2 is 1.95 bits per heavy atom. The normalized spacial score (nSPS) is 11.9. The molecule has 2 aromatic rings. The summed E-state index contributed by atoms with van der Waals surface area (Å²) in [5, 5.41) is 3.44. The van der Waals surface area contributed by atoms with Gasteiger partial charge in [0.1, 0.15) is 5.75 Å². The summed E-state index contributed by atoms with van der Waals surface area (Å²) in [5.41, 5.74) is 8.03. The molecule has 4 heteroatoms. The molecule has 1 atom stereocenters. The molecular weight excluding hydrogens is 264 g/mol. The van der Waals surface area contributed by atoms with Gasteiger partial charge in [-0.3, -0.25) is 4.79 Å². The standard InChI is InChI=1S/C17H20N2O2/c1-12(15-4-3-5-16(10-15)21-2)19-11-13-6-8-14(9-7-13)17(18)20/h3-10,12,19H,11H2,1-2H3,(H2,18,20)/t12-/m1/s1. The Hall–Kier alpha value is -2.33. The molecule has 0 aliphatic rings. The summed E-state index contributed by atoms with van der Waals surface area (Å²) in [4.78, 5) is 11.0. The Kier molecular flexibility index (Phi) is 4.95. The van der Waals surface area contributed by atoms with E-state index in [1.165, 1.54) is 5.56 Å². The van der Waals surface area contributed by atoms with Gasteiger partial charge in [0.25, 0.3) is 0 Å². The van der Waals surface area contributed by atoms with Crippen molar-refractivity contribution in [3.63, 3.8) is 0 Å². The minimum atomic E-state index is -0.403. The molecule has 0 radical (unpaired) electrons. The lowest BCUT2D eigenvalue weighted by Crippen LogP contribution is -2.18. The van der Waals surface area contributed by atoms with Crippen molar-refractivity contribution in [1.29, 1.82) is 0 Å². The van der Waals surface area contributed by atoms with Crippen LogP contribution in [0.2, 0.25) is 0 Å². The van der Waals surface area contributed by atoms with Gasteiger partial charge in [-0.15, -0.1) is 0 Å². The van der Waals surface area contributed by atoms with Crippen LogP contribution in [0, 0.1) is 0 Å². The quantitative estimate of drug-likeness (QED) is 0.857. The van der Waals surface area contributed by atoms with Gasteiger partial charge >= 0.3 is 0 Å². The van der Waals surface area contributed by atoms with Crippen LogP contribution in [0.15, 0.2) is 48.5 Å². The molecule has 0 fully saturated rings. The topological polar surface area (TPSA) is 64.3 Å². The zero-order valence-electron chi connectivity index (χ0n) is 12.3. The van der Waals surface area contributed by atoms with Crippen molar-refractivity contribution < 1.29 is 9.53 Å². The van der Waals surface area contributed by atoms with Gasteiger partial charge in [0.05, 0.1) is 7.11 Å². The predicted molar refractivity (Wildman–Crippen MR) is 83.2 cm³/mol. The van der Waals surface area contributed by atoms with Crippen molar-refractivity contribution in [3.8, 4) is 5.75 Å². The summed E-state index contributed by atoms with van der Waals surface area (Å²) < 4.78 is 5.23. The maximum Gasteiger partial charge on any atom is 0.248 e. The van der Waals surface area contributed by atoms with Crippen molar-refractivity contribution in [1.82, 2.24) is 5.32 Å². The average Bonchev–Trinajstić information content (AvgIpc) is 2.53. The predicted octanol–water partition coefficient (Wildman–Crippen LogP) is 2.64. The summed E-state index contributed by atoms with van der Waals surface area (Å²) in [6, 6.07) is 15.5. The first-order chi connectivity index (χ1) is 10.1. The Morgan fingerprint density at radius 1 is 1.24 bits per heavy atom. The van der Waals surface area contributed by atoms with Gasteiger partial charge < -0.3 is 15.8 Å². The molecular formula is C17H20N2O2. The molecule has 0 aliphatic carbocycles. The molecule has 2 rings (SSSR count). The van der Waals surface area contributed by atoms with Gasteiger partial charge in [-0.1, -0.05) is 24.3 Å². The monoisotopic (exact) mass is 284 g/mol. The summed E-state index contributed by atoms with van der Waals surface area (Å²) in [6.07, 6.45) is 0. The van der Waals surface area contributed by atoms with Gasteiger partial charge in [-0.05, 0) is 42.3 Å². The second kappa shape index (κ2) is 6.90. The first-order valence-corrected chi connectivity index (χ1v) is 6.86. The number of hydrogen-bond acceptors (Lipinski definition) is 3. The molecule has 4 nitrogen and oxygen atoms in total.